The summed E-state index contributed by atoms with van der Waals surface area (Å²) < 4.78 is 1.43. The molecule has 0 aliphatic carbocycles. The molecule has 1 aliphatic heterocycles. The van der Waals surface area contributed by atoms with Gasteiger partial charge in [-0.15, -0.1) is 0 Å². The molecule has 2 heterocycles. The summed E-state index contributed by atoms with van der Waals surface area (Å²) in [5, 5.41) is 0.472. The van der Waals surface area contributed by atoms with Gasteiger partial charge in [-0.3, -0.25) is 9.59 Å². The van der Waals surface area contributed by atoms with Gasteiger partial charge in [0.25, 0.3) is 11.8 Å². The zero-order chi connectivity index (χ0) is 14.3. The number of carbonyl (C=O) groups excluding carboxylic acids is 3. The summed E-state index contributed by atoms with van der Waals surface area (Å²) in [5.41, 5.74) is 0.576. The van der Waals surface area contributed by atoms with Crippen LogP contribution in [-0.2, 0) is 11.9 Å². The van der Waals surface area contributed by atoms with E-state index in [0.717, 1.165) is 0 Å². The van der Waals surface area contributed by atoms with Crippen molar-refractivity contribution in [1.82, 2.24) is 14.6 Å². The molecule has 7 nitrogen and oxygen atoms in total. The average Bonchev–Trinajstić information content (AvgIpc) is 2.97. The van der Waals surface area contributed by atoms with Gasteiger partial charge >= 0.3 is 5.97 Å². The van der Waals surface area contributed by atoms with Crippen LogP contribution < -0.4 is 0 Å². The number of aromatic nitrogens is 2. The molecule has 3 rings (SSSR count). The van der Waals surface area contributed by atoms with Crippen molar-refractivity contribution < 1.29 is 19.2 Å². The van der Waals surface area contributed by atoms with Crippen LogP contribution in [0.2, 0.25) is 0 Å². The van der Waals surface area contributed by atoms with Crippen molar-refractivity contribution in [3.05, 3.63) is 53.6 Å². The zero-order valence-corrected chi connectivity index (χ0v) is 10.4. The summed E-state index contributed by atoms with van der Waals surface area (Å²) >= 11 is 0. The summed E-state index contributed by atoms with van der Waals surface area (Å²) in [6, 6.07) is 6.29. The van der Waals surface area contributed by atoms with Gasteiger partial charge in [-0.1, -0.05) is 17.2 Å². The number of amides is 2. The van der Waals surface area contributed by atoms with Crippen LogP contribution in [0.4, 0.5) is 0 Å². The molecule has 1 aliphatic rings. The topological polar surface area (TPSA) is 81.5 Å². The van der Waals surface area contributed by atoms with Gasteiger partial charge in [-0.25, -0.2) is 9.78 Å². The molecule has 0 N–H and O–H groups in total. The van der Waals surface area contributed by atoms with Crippen LogP contribution in [0.3, 0.4) is 0 Å². The number of rotatable bonds is 2. The van der Waals surface area contributed by atoms with Gasteiger partial charge in [-0.2, -0.15) is 0 Å². The van der Waals surface area contributed by atoms with E-state index in [1.807, 2.05) is 0 Å². The molecule has 0 saturated carbocycles. The Morgan fingerprint density at radius 2 is 1.75 bits per heavy atom. The molecule has 20 heavy (non-hydrogen) atoms. The Morgan fingerprint density at radius 1 is 1.15 bits per heavy atom. The quantitative estimate of drug-likeness (QED) is 0.754. The van der Waals surface area contributed by atoms with E-state index >= 15 is 0 Å². The number of hydrogen-bond donors (Lipinski definition) is 0. The fourth-order valence-electron chi connectivity index (χ4n) is 1.93. The number of imidazole rings is 1. The summed E-state index contributed by atoms with van der Waals surface area (Å²) in [6.45, 7) is 0. The molecule has 2 amide bonds. The SMILES string of the molecule is Cn1cncc1C(=O)ON1C(=O)c2ccccc2C1=O. The van der Waals surface area contributed by atoms with Crippen molar-refractivity contribution in [1.29, 1.82) is 0 Å². The highest BCUT2D eigenvalue weighted by atomic mass is 16.7. The van der Waals surface area contributed by atoms with Crippen LogP contribution in [0.15, 0.2) is 36.8 Å². The number of carbonyl (C=O) groups is 3. The largest absolute Gasteiger partial charge is 0.381 e. The average molecular weight is 271 g/mol. The molecule has 7 heteroatoms. The van der Waals surface area contributed by atoms with E-state index < -0.39 is 17.8 Å². The van der Waals surface area contributed by atoms with Gasteiger partial charge < -0.3 is 9.40 Å². The first-order valence-corrected chi connectivity index (χ1v) is 5.76. The van der Waals surface area contributed by atoms with Gasteiger partial charge in [0, 0.05) is 7.05 Å². The molecular formula is C13H9N3O4. The maximum atomic E-state index is 12.0. The van der Waals surface area contributed by atoms with Crippen molar-refractivity contribution in [2.45, 2.75) is 0 Å². The van der Waals surface area contributed by atoms with Gasteiger partial charge in [0.05, 0.1) is 23.7 Å². The number of aryl methyl sites for hydroxylation is 1. The third-order valence-electron chi connectivity index (χ3n) is 2.96. The molecule has 0 saturated heterocycles. The van der Waals surface area contributed by atoms with Crippen LogP contribution in [-0.4, -0.2) is 32.4 Å². The van der Waals surface area contributed by atoms with E-state index in [-0.39, 0.29) is 16.8 Å². The lowest BCUT2D eigenvalue weighted by Crippen LogP contribution is -2.33. The molecular weight excluding hydrogens is 262 g/mol. The van der Waals surface area contributed by atoms with Gasteiger partial charge in [-0.05, 0) is 12.1 Å². The van der Waals surface area contributed by atoms with Crippen molar-refractivity contribution >= 4 is 17.8 Å². The minimum Gasteiger partial charge on any atom is -0.328 e. The second kappa shape index (κ2) is 4.30. The number of benzene rings is 1. The first-order valence-electron chi connectivity index (χ1n) is 5.76. The summed E-state index contributed by atoms with van der Waals surface area (Å²) in [6.07, 6.45) is 2.71. The fourth-order valence-corrected chi connectivity index (χ4v) is 1.93. The summed E-state index contributed by atoms with van der Waals surface area (Å²) in [7, 11) is 1.60. The molecule has 1 aromatic heterocycles. The Hall–Kier alpha value is -2.96. The number of imide groups is 1. The minimum atomic E-state index is -0.820. The van der Waals surface area contributed by atoms with E-state index in [1.165, 1.54) is 29.2 Å². The number of nitrogens with zero attached hydrogens (tertiary/aromatic N) is 3. The van der Waals surface area contributed by atoms with Crippen molar-refractivity contribution in [2.75, 3.05) is 0 Å². The van der Waals surface area contributed by atoms with Gasteiger partial charge in [0.15, 0.2) is 0 Å². The third kappa shape index (κ3) is 1.68. The highest BCUT2D eigenvalue weighted by Gasteiger charge is 2.39. The number of hydroxylamine groups is 2. The highest BCUT2D eigenvalue weighted by Crippen LogP contribution is 2.23. The van der Waals surface area contributed by atoms with E-state index in [9.17, 15) is 14.4 Å². The predicted molar refractivity (Wildman–Crippen MR) is 65.6 cm³/mol. The molecule has 0 fully saturated rings. The Morgan fingerprint density at radius 3 is 2.25 bits per heavy atom. The first kappa shape index (κ1) is 12.1. The van der Waals surface area contributed by atoms with Gasteiger partial charge in [0.1, 0.15) is 5.69 Å². The maximum Gasteiger partial charge on any atom is 0.381 e. The lowest BCUT2D eigenvalue weighted by Gasteiger charge is -2.12. The second-order valence-corrected chi connectivity index (χ2v) is 4.22. The molecule has 100 valence electrons. The minimum absolute atomic E-state index is 0.140. The number of hydrogen-bond acceptors (Lipinski definition) is 5. The summed E-state index contributed by atoms with van der Waals surface area (Å²) in [4.78, 5) is 44.5. The van der Waals surface area contributed by atoms with E-state index in [4.69, 9.17) is 4.84 Å². The van der Waals surface area contributed by atoms with E-state index in [1.54, 1.807) is 19.2 Å². The Labute approximate surface area is 113 Å². The highest BCUT2D eigenvalue weighted by molar-refractivity contribution is 6.21. The van der Waals surface area contributed by atoms with Crippen LogP contribution in [0.1, 0.15) is 31.2 Å². The van der Waals surface area contributed by atoms with Crippen molar-refractivity contribution in [2.24, 2.45) is 7.05 Å². The van der Waals surface area contributed by atoms with Crippen LogP contribution >= 0.6 is 0 Å². The molecule has 0 spiro atoms. The Kier molecular flexibility index (Phi) is 2.60. The van der Waals surface area contributed by atoms with Crippen molar-refractivity contribution in [3.8, 4) is 0 Å². The van der Waals surface area contributed by atoms with Gasteiger partial charge in [0.2, 0.25) is 0 Å². The van der Waals surface area contributed by atoms with Crippen LogP contribution in [0.25, 0.3) is 0 Å². The van der Waals surface area contributed by atoms with Crippen LogP contribution in [0.5, 0.6) is 0 Å². The van der Waals surface area contributed by atoms with E-state index in [2.05, 4.69) is 4.98 Å². The lowest BCUT2D eigenvalue weighted by molar-refractivity contribution is -0.0590. The zero-order valence-electron chi connectivity index (χ0n) is 10.4. The monoisotopic (exact) mass is 271 g/mol. The maximum absolute atomic E-state index is 12.0. The smallest absolute Gasteiger partial charge is 0.328 e. The van der Waals surface area contributed by atoms with Crippen molar-refractivity contribution in [3.63, 3.8) is 0 Å². The number of fused-ring (bicyclic) bond motifs is 1. The summed E-state index contributed by atoms with van der Waals surface area (Å²) in [5.74, 6) is -2.12. The van der Waals surface area contributed by atoms with E-state index in [0.29, 0.717) is 5.06 Å². The normalized spacial score (nSPS) is 13.6. The third-order valence-corrected chi connectivity index (χ3v) is 2.96. The standard InChI is InChI=1S/C13H9N3O4/c1-15-7-14-6-10(15)13(19)20-16-11(17)8-4-2-3-5-9(8)12(16)18/h2-7H,1H3. The second-order valence-electron chi connectivity index (χ2n) is 4.22. The molecule has 2 aromatic rings. The van der Waals surface area contributed by atoms with Crippen LogP contribution in [0, 0.1) is 0 Å². The molecule has 0 radical (unpaired) electrons. The lowest BCUT2D eigenvalue weighted by atomic mass is 10.1. The molecule has 0 bridgehead atoms. The fraction of sp³-hybridized carbons (Fsp3) is 0.0769. The Bertz CT molecular complexity index is 700. The predicted octanol–water partition coefficient (Wildman–Crippen LogP) is 0.788. The molecule has 1 aromatic carbocycles. The Balaban J connectivity index is 1.87. The first-order chi connectivity index (χ1) is 9.59. The molecule has 0 unspecified atom stereocenters. The molecule has 0 atom stereocenters.